The molecule has 1 aliphatic rings. The number of esters is 1. The highest BCUT2D eigenvalue weighted by atomic mass is 32.1. The summed E-state index contributed by atoms with van der Waals surface area (Å²) in [5.41, 5.74) is 4.14. The van der Waals surface area contributed by atoms with E-state index >= 15 is 0 Å². The third-order valence-corrected chi connectivity index (χ3v) is 4.30. The van der Waals surface area contributed by atoms with Crippen molar-refractivity contribution in [1.29, 1.82) is 0 Å². The predicted octanol–water partition coefficient (Wildman–Crippen LogP) is 2.36. The number of hydrogen-bond donors (Lipinski definition) is 1. The third-order valence-electron chi connectivity index (χ3n) is 3.24. The van der Waals surface area contributed by atoms with Gasteiger partial charge >= 0.3 is 5.97 Å². The van der Waals surface area contributed by atoms with Crippen molar-refractivity contribution in [2.75, 3.05) is 12.4 Å². The van der Waals surface area contributed by atoms with Gasteiger partial charge < -0.3 is 10.1 Å². The number of anilines is 1. The Labute approximate surface area is 121 Å². The Bertz CT molecular complexity index is 704. The fourth-order valence-corrected chi connectivity index (χ4v) is 3.34. The number of carbonyl (C=O) groups excluding carboxylic acids is 1. The largest absolute Gasteiger partial charge is 0.466 e. The van der Waals surface area contributed by atoms with Gasteiger partial charge in [-0.05, 0) is 6.07 Å². The number of ether oxygens (including phenoxy) is 1. The molecule has 5 heteroatoms. The summed E-state index contributed by atoms with van der Waals surface area (Å²) in [5.74, 6) is -0.341. The number of methoxy groups -OCH3 is 1. The molecule has 0 fully saturated rings. The molecule has 1 aliphatic heterocycles. The number of benzene rings is 1. The molecule has 0 amide bonds. The lowest BCUT2D eigenvalue weighted by molar-refractivity contribution is -0.603. The predicted molar refractivity (Wildman–Crippen MR) is 78.0 cm³/mol. The number of allylic oxidation sites excluding steroid dienone is 1. The Balaban J connectivity index is 2.15. The van der Waals surface area contributed by atoms with Gasteiger partial charge in [-0.3, -0.25) is 0 Å². The molecule has 1 aromatic carbocycles. The minimum atomic E-state index is -0.341. The number of aromatic nitrogens is 1. The summed E-state index contributed by atoms with van der Waals surface area (Å²) in [6, 6.07) is 8.09. The van der Waals surface area contributed by atoms with E-state index in [1.165, 1.54) is 23.9 Å². The van der Waals surface area contributed by atoms with Crippen LogP contribution in [0.4, 0.5) is 5.69 Å². The van der Waals surface area contributed by atoms with Crippen LogP contribution in [0.25, 0.3) is 5.69 Å². The van der Waals surface area contributed by atoms with Gasteiger partial charge in [0.05, 0.1) is 18.9 Å². The highest BCUT2D eigenvalue weighted by Gasteiger charge is 2.27. The van der Waals surface area contributed by atoms with Crippen LogP contribution in [0.15, 0.2) is 41.4 Å². The van der Waals surface area contributed by atoms with Gasteiger partial charge in [-0.15, -0.1) is 4.57 Å². The number of aryl methyl sites for hydroxylation is 1. The molecule has 0 bridgehead atoms. The first-order valence-corrected chi connectivity index (χ1v) is 7.21. The van der Waals surface area contributed by atoms with Crippen molar-refractivity contribution in [2.24, 2.45) is 0 Å². The first-order chi connectivity index (χ1) is 9.69. The Morgan fingerprint density at radius 1 is 1.45 bits per heavy atom. The van der Waals surface area contributed by atoms with Crippen LogP contribution >= 0.6 is 11.3 Å². The van der Waals surface area contributed by atoms with E-state index < -0.39 is 0 Å². The molecule has 4 nitrogen and oxygen atoms in total. The van der Waals surface area contributed by atoms with E-state index in [1.807, 2.05) is 18.2 Å². The third kappa shape index (κ3) is 2.20. The topological polar surface area (TPSA) is 42.2 Å². The minimum Gasteiger partial charge on any atom is -0.466 e. The van der Waals surface area contributed by atoms with E-state index in [1.54, 1.807) is 11.3 Å². The second-order valence-corrected chi connectivity index (χ2v) is 5.56. The van der Waals surface area contributed by atoms with Gasteiger partial charge in [0, 0.05) is 24.8 Å². The summed E-state index contributed by atoms with van der Waals surface area (Å²) in [5, 5.41) is 6.65. The summed E-state index contributed by atoms with van der Waals surface area (Å²) >= 11 is 1.70. The molecule has 3 rings (SSSR count). The van der Waals surface area contributed by atoms with Crippen molar-refractivity contribution in [2.45, 2.75) is 13.3 Å². The molecule has 2 aromatic rings. The van der Waals surface area contributed by atoms with E-state index in [9.17, 15) is 4.79 Å². The van der Waals surface area contributed by atoms with Crippen LogP contribution < -0.4 is 9.88 Å². The maximum absolute atomic E-state index is 11.5. The lowest BCUT2D eigenvalue weighted by Gasteiger charge is -2.05. The van der Waals surface area contributed by atoms with Gasteiger partial charge in [0.15, 0.2) is 5.69 Å². The summed E-state index contributed by atoms with van der Waals surface area (Å²) in [6.45, 7) is 2.09. The Kier molecular flexibility index (Phi) is 3.28. The number of nitrogens with zero attached hydrogens (tertiary/aromatic N) is 1. The normalized spacial score (nSPS) is 15.0. The quantitative estimate of drug-likeness (QED) is 0.497. The smallest absolute Gasteiger partial charge is 0.332 e. The number of hydrogen-bond acceptors (Lipinski definition) is 4. The number of nitrogens with one attached hydrogen (secondary N) is 1. The maximum atomic E-state index is 11.5. The second kappa shape index (κ2) is 5.09. The average molecular weight is 287 g/mol. The molecule has 2 heterocycles. The van der Waals surface area contributed by atoms with Crippen LogP contribution in [-0.2, 0) is 16.0 Å². The van der Waals surface area contributed by atoms with Crippen LogP contribution in [0, 0.1) is 6.92 Å². The molecule has 20 heavy (non-hydrogen) atoms. The van der Waals surface area contributed by atoms with Gasteiger partial charge in [0.2, 0.25) is 10.7 Å². The molecule has 0 radical (unpaired) electrons. The van der Waals surface area contributed by atoms with Gasteiger partial charge in [-0.25, -0.2) is 4.79 Å². The van der Waals surface area contributed by atoms with E-state index in [0.29, 0.717) is 6.42 Å². The lowest BCUT2D eigenvalue weighted by atomic mass is 10.2. The SMILES string of the molecule is COC(=O)/C=C1/Cc2scc(C)[n+]2-c2ccccc2N1. The van der Waals surface area contributed by atoms with Crippen LogP contribution in [0.1, 0.15) is 10.7 Å². The zero-order valence-corrected chi connectivity index (χ0v) is 12.2. The summed E-state index contributed by atoms with van der Waals surface area (Å²) in [4.78, 5) is 11.5. The summed E-state index contributed by atoms with van der Waals surface area (Å²) in [6.07, 6.45) is 2.20. The van der Waals surface area contributed by atoms with Crippen molar-refractivity contribution in [3.05, 3.63) is 52.1 Å². The minimum absolute atomic E-state index is 0.341. The van der Waals surface area contributed by atoms with Crippen molar-refractivity contribution < 1.29 is 14.1 Å². The number of carbonyl (C=O) groups is 1. The fourth-order valence-electron chi connectivity index (χ4n) is 2.34. The lowest BCUT2D eigenvalue weighted by Crippen LogP contribution is -2.35. The highest BCUT2D eigenvalue weighted by Crippen LogP contribution is 2.26. The number of para-hydroxylation sites is 2. The van der Waals surface area contributed by atoms with Gasteiger partial charge in [0.25, 0.3) is 0 Å². The van der Waals surface area contributed by atoms with Gasteiger partial charge in [0.1, 0.15) is 5.69 Å². The molecule has 0 saturated carbocycles. The zero-order chi connectivity index (χ0) is 14.1. The molecular formula is C15H15N2O2S+. The van der Waals surface area contributed by atoms with Gasteiger partial charge in [-0.1, -0.05) is 23.5 Å². The van der Waals surface area contributed by atoms with Crippen LogP contribution in [0.2, 0.25) is 0 Å². The molecule has 0 aliphatic carbocycles. The first kappa shape index (κ1) is 12.9. The number of thiazole rings is 1. The van der Waals surface area contributed by atoms with Gasteiger partial charge in [-0.2, -0.15) is 0 Å². The van der Waals surface area contributed by atoms with E-state index in [-0.39, 0.29) is 5.97 Å². The maximum Gasteiger partial charge on any atom is 0.332 e. The van der Waals surface area contributed by atoms with Crippen LogP contribution in [-0.4, -0.2) is 13.1 Å². The molecule has 0 atom stereocenters. The molecule has 0 unspecified atom stereocenters. The average Bonchev–Trinajstić information content (AvgIpc) is 2.72. The second-order valence-electron chi connectivity index (χ2n) is 4.62. The molecule has 0 saturated heterocycles. The summed E-state index contributed by atoms with van der Waals surface area (Å²) < 4.78 is 6.94. The van der Waals surface area contributed by atoms with E-state index in [2.05, 4.69) is 28.3 Å². The zero-order valence-electron chi connectivity index (χ0n) is 11.3. The van der Waals surface area contributed by atoms with E-state index in [4.69, 9.17) is 4.74 Å². The molecule has 102 valence electrons. The number of fused-ring (bicyclic) bond motifs is 3. The van der Waals surface area contributed by atoms with Crippen LogP contribution in [0.5, 0.6) is 0 Å². The molecule has 1 aromatic heterocycles. The Morgan fingerprint density at radius 2 is 2.25 bits per heavy atom. The van der Waals surface area contributed by atoms with E-state index in [0.717, 1.165) is 17.1 Å². The monoisotopic (exact) mass is 287 g/mol. The number of rotatable bonds is 1. The van der Waals surface area contributed by atoms with Crippen molar-refractivity contribution in [3.63, 3.8) is 0 Å². The molecule has 1 N–H and O–H groups in total. The molecule has 0 spiro atoms. The summed E-state index contributed by atoms with van der Waals surface area (Å²) in [7, 11) is 1.39. The standard InChI is InChI=1S/C15H14N2O2S/c1-10-9-20-14-7-11(8-15(18)19-2)16-12-5-3-4-6-13(12)17(10)14/h3-6,8-9H,7H2,1-2H3/p+1. The molecular weight excluding hydrogens is 272 g/mol. The fraction of sp³-hybridized carbons (Fsp3) is 0.200. The highest BCUT2D eigenvalue weighted by molar-refractivity contribution is 7.09. The van der Waals surface area contributed by atoms with Crippen molar-refractivity contribution in [3.8, 4) is 5.69 Å². The van der Waals surface area contributed by atoms with Crippen molar-refractivity contribution in [1.82, 2.24) is 0 Å². The Hall–Kier alpha value is -2.14. The Morgan fingerprint density at radius 3 is 3.05 bits per heavy atom. The van der Waals surface area contributed by atoms with Crippen molar-refractivity contribution >= 4 is 23.0 Å². The first-order valence-electron chi connectivity index (χ1n) is 6.33. The van der Waals surface area contributed by atoms with Crippen LogP contribution in [0.3, 0.4) is 0 Å².